The number of nitrogens with one attached hydrogen (secondary N) is 1. The molecule has 7 nitrogen and oxygen atoms in total. The highest BCUT2D eigenvalue weighted by molar-refractivity contribution is 5.89. The van der Waals surface area contributed by atoms with Crippen LogP contribution >= 0.6 is 0 Å². The molecule has 1 amide bonds. The first kappa shape index (κ1) is 20.9. The van der Waals surface area contributed by atoms with Crippen LogP contribution in [0.5, 0.6) is 5.75 Å². The molecule has 2 N–H and O–H groups in total. The van der Waals surface area contributed by atoms with Gasteiger partial charge in [-0.1, -0.05) is 13.8 Å². The molecule has 0 saturated heterocycles. The molecule has 0 saturated carbocycles. The number of carboxylic acid groups (broad SMARTS) is 1. The molecule has 156 valence electrons. The zero-order valence-corrected chi connectivity index (χ0v) is 17.0. The molecule has 1 unspecified atom stereocenters. The number of aryl methyl sites for hydroxylation is 2. The van der Waals surface area contributed by atoms with Crippen LogP contribution in [0.4, 0.5) is 0 Å². The summed E-state index contributed by atoms with van der Waals surface area (Å²) < 4.78 is 11.3. The van der Waals surface area contributed by atoms with E-state index in [1.807, 2.05) is 26.8 Å². The second-order valence-corrected chi connectivity index (χ2v) is 8.07. The topological polar surface area (TPSA) is 106 Å². The standard InChI is InChI=1S/C22H27NO6/c1-12(2)8-16(21(25)26)23-19(24)11-28-17-9-13(3)10-18-20(17)14-6-4-5-7-15(14)22(27)29-18/h9-10,12,16H,4-8,11H2,1-3H3,(H,23,24)(H,25,26). The van der Waals surface area contributed by atoms with E-state index in [1.165, 1.54) is 0 Å². The third kappa shape index (κ3) is 4.78. The fourth-order valence-corrected chi connectivity index (χ4v) is 3.85. The van der Waals surface area contributed by atoms with E-state index in [4.69, 9.17) is 9.15 Å². The molecule has 29 heavy (non-hydrogen) atoms. The van der Waals surface area contributed by atoms with E-state index in [-0.39, 0.29) is 18.2 Å². The van der Waals surface area contributed by atoms with E-state index in [0.29, 0.717) is 29.7 Å². The van der Waals surface area contributed by atoms with Gasteiger partial charge in [-0.15, -0.1) is 0 Å². The lowest BCUT2D eigenvalue weighted by Crippen LogP contribution is -2.43. The van der Waals surface area contributed by atoms with Gasteiger partial charge in [-0.25, -0.2) is 9.59 Å². The first-order chi connectivity index (χ1) is 13.8. The van der Waals surface area contributed by atoms with Gasteiger partial charge >= 0.3 is 11.6 Å². The fraction of sp³-hybridized carbons (Fsp3) is 0.500. The first-order valence-corrected chi connectivity index (χ1v) is 10.0. The minimum absolute atomic E-state index is 0.132. The van der Waals surface area contributed by atoms with Gasteiger partial charge in [0.15, 0.2) is 6.61 Å². The zero-order valence-electron chi connectivity index (χ0n) is 17.0. The molecule has 1 aliphatic carbocycles. The van der Waals surface area contributed by atoms with Crippen LogP contribution in [0.2, 0.25) is 0 Å². The zero-order chi connectivity index (χ0) is 21.1. The summed E-state index contributed by atoms with van der Waals surface area (Å²) in [7, 11) is 0. The van der Waals surface area contributed by atoms with Crippen molar-refractivity contribution in [3.05, 3.63) is 39.2 Å². The van der Waals surface area contributed by atoms with Gasteiger partial charge in [0.1, 0.15) is 17.4 Å². The lowest BCUT2D eigenvalue weighted by atomic mass is 9.90. The van der Waals surface area contributed by atoms with Crippen molar-refractivity contribution in [1.29, 1.82) is 0 Å². The van der Waals surface area contributed by atoms with Gasteiger partial charge in [0.25, 0.3) is 5.91 Å². The van der Waals surface area contributed by atoms with Crippen LogP contribution in [0.15, 0.2) is 21.3 Å². The third-order valence-electron chi connectivity index (χ3n) is 5.13. The maximum atomic E-state index is 12.3. The molecule has 1 aromatic carbocycles. The van der Waals surface area contributed by atoms with E-state index in [2.05, 4.69) is 5.32 Å². The minimum atomic E-state index is -1.07. The summed E-state index contributed by atoms with van der Waals surface area (Å²) in [6.45, 7) is 5.34. The average molecular weight is 401 g/mol. The second-order valence-electron chi connectivity index (χ2n) is 8.07. The normalized spacial score (nSPS) is 14.5. The Kier molecular flexibility index (Phi) is 6.25. The minimum Gasteiger partial charge on any atom is -0.483 e. The van der Waals surface area contributed by atoms with Gasteiger partial charge in [0.2, 0.25) is 0 Å². The molecule has 7 heteroatoms. The highest BCUT2D eigenvalue weighted by atomic mass is 16.5. The molecule has 1 aliphatic rings. The number of rotatable bonds is 7. The van der Waals surface area contributed by atoms with Crippen LogP contribution in [-0.4, -0.2) is 29.6 Å². The predicted octanol–water partition coefficient (Wildman–Crippen LogP) is 2.97. The van der Waals surface area contributed by atoms with Crippen molar-refractivity contribution in [2.24, 2.45) is 5.92 Å². The molecule has 3 rings (SSSR count). The summed E-state index contributed by atoms with van der Waals surface area (Å²) in [6, 6.07) is 2.65. The average Bonchev–Trinajstić information content (AvgIpc) is 2.65. The largest absolute Gasteiger partial charge is 0.483 e. The molecule has 0 fully saturated rings. The van der Waals surface area contributed by atoms with Crippen molar-refractivity contribution in [1.82, 2.24) is 5.32 Å². The summed E-state index contributed by atoms with van der Waals surface area (Å²) in [6.07, 6.45) is 3.71. The van der Waals surface area contributed by atoms with Crippen LogP contribution in [0.25, 0.3) is 11.0 Å². The van der Waals surface area contributed by atoms with Gasteiger partial charge in [-0.05, 0) is 68.2 Å². The number of carbonyl (C=O) groups is 2. The number of carboxylic acids is 1. The molecule has 2 aromatic rings. The number of carbonyl (C=O) groups excluding carboxylic acids is 1. The van der Waals surface area contributed by atoms with Crippen molar-refractivity contribution in [3.8, 4) is 5.75 Å². The second kappa shape index (κ2) is 8.68. The Morgan fingerprint density at radius 1 is 1.21 bits per heavy atom. The van der Waals surface area contributed by atoms with Gasteiger partial charge in [-0.3, -0.25) is 4.79 Å². The quantitative estimate of drug-likeness (QED) is 0.691. The van der Waals surface area contributed by atoms with Crippen LogP contribution in [0.1, 0.15) is 49.8 Å². The van der Waals surface area contributed by atoms with E-state index in [1.54, 1.807) is 6.07 Å². The number of hydrogen-bond donors (Lipinski definition) is 2. The van der Waals surface area contributed by atoms with Gasteiger partial charge in [-0.2, -0.15) is 0 Å². The maximum Gasteiger partial charge on any atom is 0.339 e. The van der Waals surface area contributed by atoms with Crippen LogP contribution in [-0.2, 0) is 22.4 Å². The Hall–Kier alpha value is -2.83. The SMILES string of the molecule is Cc1cc(OCC(=O)NC(CC(C)C)C(=O)O)c2c3c(c(=O)oc2c1)CCCC3. The Bertz CT molecular complexity index is 991. The van der Waals surface area contributed by atoms with Crippen molar-refractivity contribution in [2.75, 3.05) is 6.61 Å². The number of benzene rings is 1. The molecule has 0 spiro atoms. The molecular formula is C22H27NO6. The third-order valence-corrected chi connectivity index (χ3v) is 5.13. The van der Waals surface area contributed by atoms with E-state index < -0.39 is 17.9 Å². The molecule has 0 aliphatic heterocycles. The fourth-order valence-electron chi connectivity index (χ4n) is 3.85. The van der Waals surface area contributed by atoms with Crippen LogP contribution in [0.3, 0.4) is 0 Å². The lowest BCUT2D eigenvalue weighted by molar-refractivity contribution is -0.142. The van der Waals surface area contributed by atoms with Crippen molar-refractivity contribution >= 4 is 22.8 Å². The van der Waals surface area contributed by atoms with E-state index in [0.717, 1.165) is 35.8 Å². The van der Waals surface area contributed by atoms with Gasteiger partial charge in [0.05, 0.1) is 5.39 Å². The first-order valence-electron chi connectivity index (χ1n) is 10.0. The Balaban J connectivity index is 1.85. The van der Waals surface area contributed by atoms with Crippen molar-refractivity contribution in [3.63, 3.8) is 0 Å². The number of amides is 1. The van der Waals surface area contributed by atoms with Crippen molar-refractivity contribution in [2.45, 2.75) is 58.9 Å². The number of aliphatic carboxylic acids is 1. The molecule has 0 radical (unpaired) electrons. The highest BCUT2D eigenvalue weighted by Crippen LogP contribution is 2.34. The Morgan fingerprint density at radius 2 is 1.90 bits per heavy atom. The molecule has 1 heterocycles. The molecular weight excluding hydrogens is 374 g/mol. The monoisotopic (exact) mass is 401 g/mol. The lowest BCUT2D eigenvalue weighted by Gasteiger charge is -2.19. The number of fused-ring (bicyclic) bond motifs is 3. The summed E-state index contributed by atoms with van der Waals surface area (Å²) in [5, 5.41) is 12.5. The number of hydrogen-bond acceptors (Lipinski definition) is 5. The summed E-state index contributed by atoms with van der Waals surface area (Å²) in [5.41, 5.74) is 2.61. The molecule has 0 bridgehead atoms. The van der Waals surface area contributed by atoms with Crippen LogP contribution < -0.4 is 15.7 Å². The number of ether oxygens (including phenoxy) is 1. The molecule has 1 atom stereocenters. The summed E-state index contributed by atoms with van der Waals surface area (Å²) in [4.78, 5) is 36.0. The Morgan fingerprint density at radius 3 is 2.55 bits per heavy atom. The predicted molar refractivity (Wildman–Crippen MR) is 108 cm³/mol. The van der Waals surface area contributed by atoms with E-state index in [9.17, 15) is 19.5 Å². The van der Waals surface area contributed by atoms with E-state index >= 15 is 0 Å². The smallest absolute Gasteiger partial charge is 0.339 e. The molecule has 1 aromatic heterocycles. The summed E-state index contributed by atoms with van der Waals surface area (Å²) >= 11 is 0. The highest BCUT2D eigenvalue weighted by Gasteiger charge is 2.23. The van der Waals surface area contributed by atoms with Gasteiger partial charge < -0.3 is 19.6 Å². The Labute approximate surface area is 169 Å². The summed E-state index contributed by atoms with van der Waals surface area (Å²) in [5.74, 6) is -0.955. The maximum absolute atomic E-state index is 12.3. The van der Waals surface area contributed by atoms with Gasteiger partial charge in [0, 0.05) is 5.56 Å². The van der Waals surface area contributed by atoms with Crippen LogP contribution in [0, 0.1) is 12.8 Å². The van der Waals surface area contributed by atoms with Crippen molar-refractivity contribution < 1.29 is 23.8 Å².